The smallest absolute Gasteiger partial charge is 0.167 e. The summed E-state index contributed by atoms with van der Waals surface area (Å²) >= 11 is 0. The molecule has 2 bridgehead atoms. The Kier molecular flexibility index (Phi) is 5.91. The molecule has 2 saturated heterocycles. The van der Waals surface area contributed by atoms with Gasteiger partial charge in [-0.15, -0.1) is 0 Å². The van der Waals surface area contributed by atoms with E-state index in [0.29, 0.717) is 23.9 Å². The minimum atomic E-state index is -0.529. The Morgan fingerprint density at radius 3 is 2.56 bits per heavy atom. The van der Waals surface area contributed by atoms with Crippen molar-refractivity contribution in [1.29, 1.82) is 0 Å². The van der Waals surface area contributed by atoms with E-state index in [-0.39, 0.29) is 30.3 Å². The van der Waals surface area contributed by atoms with Gasteiger partial charge in [0.2, 0.25) is 0 Å². The molecular formula is C18H31N3O4. The van der Waals surface area contributed by atoms with E-state index < -0.39 is 6.29 Å². The Bertz CT molecular complexity index is 513. The monoisotopic (exact) mass is 353 g/mol. The molecule has 2 heterocycles. The molecule has 10 atom stereocenters. The summed E-state index contributed by atoms with van der Waals surface area (Å²) < 4.78 is 24.3. The van der Waals surface area contributed by atoms with Gasteiger partial charge < -0.3 is 18.9 Å². The van der Waals surface area contributed by atoms with E-state index in [1.165, 1.54) is 0 Å². The van der Waals surface area contributed by atoms with Gasteiger partial charge in [0, 0.05) is 17.9 Å². The summed E-state index contributed by atoms with van der Waals surface area (Å²) in [5.41, 5.74) is 9.03. The zero-order valence-corrected chi connectivity index (χ0v) is 15.9. The second kappa shape index (κ2) is 7.80. The van der Waals surface area contributed by atoms with E-state index in [1.54, 1.807) is 7.11 Å². The number of methoxy groups -OCH3 is 1. The summed E-state index contributed by atoms with van der Waals surface area (Å²) in [7, 11) is 1.68. The molecule has 142 valence electrons. The standard InChI is InChI=1S/C18H31N3O4/c1-6-13-17(22-5)11(4)15(20-21-19)18(24-13)25-16-10(3)9(2)14-7-12(16)8-23-14/h9-18H,6-8H2,1-5H3/t9-,10-,11-,12?,13?,14?,15-,16?,17?,18?/m1/s1. The number of fused-ring (bicyclic) bond motifs is 2. The van der Waals surface area contributed by atoms with Crippen LogP contribution >= 0.6 is 0 Å². The molecule has 0 spiro atoms. The van der Waals surface area contributed by atoms with Crippen molar-refractivity contribution in [2.75, 3.05) is 13.7 Å². The second-order valence-electron chi connectivity index (χ2n) is 7.89. The van der Waals surface area contributed by atoms with Crippen LogP contribution in [0.1, 0.15) is 40.5 Å². The Morgan fingerprint density at radius 2 is 1.92 bits per heavy atom. The van der Waals surface area contributed by atoms with Gasteiger partial charge in [0.1, 0.15) is 0 Å². The molecule has 7 heteroatoms. The number of ether oxygens (including phenoxy) is 4. The molecule has 3 aliphatic rings. The largest absolute Gasteiger partial charge is 0.378 e. The molecular weight excluding hydrogens is 322 g/mol. The highest BCUT2D eigenvalue weighted by molar-refractivity contribution is 4.97. The molecule has 0 amide bonds. The number of hydrogen-bond donors (Lipinski definition) is 0. The fourth-order valence-electron chi connectivity index (χ4n) is 4.87. The Morgan fingerprint density at radius 1 is 1.16 bits per heavy atom. The van der Waals surface area contributed by atoms with Crippen LogP contribution in [0.2, 0.25) is 0 Å². The van der Waals surface area contributed by atoms with Crippen molar-refractivity contribution in [3.05, 3.63) is 10.4 Å². The molecule has 0 N–H and O–H groups in total. The SMILES string of the molecule is CCC1OC(OC2C3COC(C3)[C@H](C)[C@H]2C)[C@H](N=[N+]=[N-])[C@@H](C)C1OC. The summed E-state index contributed by atoms with van der Waals surface area (Å²) in [6.07, 6.45) is 1.61. The van der Waals surface area contributed by atoms with Gasteiger partial charge in [0.05, 0.1) is 37.1 Å². The predicted octanol–water partition coefficient (Wildman–Crippen LogP) is 3.53. The van der Waals surface area contributed by atoms with Crippen LogP contribution in [0.15, 0.2) is 5.11 Å². The first-order valence-electron chi connectivity index (χ1n) is 9.51. The topological polar surface area (TPSA) is 85.7 Å². The van der Waals surface area contributed by atoms with Crippen LogP contribution in [0.4, 0.5) is 0 Å². The van der Waals surface area contributed by atoms with E-state index >= 15 is 0 Å². The van der Waals surface area contributed by atoms with Crippen LogP contribution in [0.5, 0.6) is 0 Å². The third-order valence-corrected chi connectivity index (χ3v) is 6.62. The maximum atomic E-state index is 9.03. The zero-order valence-electron chi connectivity index (χ0n) is 15.9. The fourth-order valence-corrected chi connectivity index (χ4v) is 4.87. The Labute approximate surface area is 150 Å². The number of azide groups is 1. The molecule has 0 aromatic heterocycles. The minimum Gasteiger partial charge on any atom is -0.378 e. The summed E-state index contributed by atoms with van der Waals surface area (Å²) in [6, 6.07) is -0.389. The predicted molar refractivity (Wildman–Crippen MR) is 92.9 cm³/mol. The van der Waals surface area contributed by atoms with Crippen molar-refractivity contribution >= 4 is 0 Å². The van der Waals surface area contributed by atoms with Crippen LogP contribution < -0.4 is 0 Å². The number of nitrogens with zero attached hydrogens (tertiary/aromatic N) is 3. The molecule has 3 fully saturated rings. The third-order valence-electron chi connectivity index (χ3n) is 6.62. The number of hydrogen-bond acceptors (Lipinski definition) is 5. The molecule has 1 aliphatic carbocycles. The van der Waals surface area contributed by atoms with Gasteiger partial charge in [0.15, 0.2) is 6.29 Å². The maximum absolute atomic E-state index is 9.03. The lowest BCUT2D eigenvalue weighted by Gasteiger charge is -2.46. The highest BCUT2D eigenvalue weighted by atomic mass is 16.7. The molecule has 1 saturated carbocycles. The molecule has 6 unspecified atom stereocenters. The average molecular weight is 353 g/mol. The van der Waals surface area contributed by atoms with Crippen molar-refractivity contribution in [3.63, 3.8) is 0 Å². The van der Waals surface area contributed by atoms with Crippen molar-refractivity contribution in [2.45, 2.75) is 77.3 Å². The van der Waals surface area contributed by atoms with Crippen LogP contribution in [0.25, 0.3) is 10.4 Å². The first-order chi connectivity index (χ1) is 12.0. The van der Waals surface area contributed by atoms with E-state index in [9.17, 15) is 0 Å². The van der Waals surface area contributed by atoms with Crippen LogP contribution in [0, 0.1) is 23.7 Å². The normalized spacial score (nSPS) is 49.6. The maximum Gasteiger partial charge on any atom is 0.167 e. The van der Waals surface area contributed by atoms with Gasteiger partial charge >= 0.3 is 0 Å². The third kappa shape index (κ3) is 3.40. The summed E-state index contributed by atoms with van der Waals surface area (Å²) in [4.78, 5) is 3.04. The van der Waals surface area contributed by atoms with E-state index in [2.05, 4.69) is 37.7 Å². The van der Waals surface area contributed by atoms with Gasteiger partial charge in [-0.2, -0.15) is 0 Å². The van der Waals surface area contributed by atoms with Crippen LogP contribution in [-0.2, 0) is 18.9 Å². The van der Waals surface area contributed by atoms with Crippen molar-refractivity contribution in [2.24, 2.45) is 28.8 Å². The van der Waals surface area contributed by atoms with Crippen molar-refractivity contribution in [1.82, 2.24) is 0 Å². The van der Waals surface area contributed by atoms with Crippen molar-refractivity contribution in [3.8, 4) is 0 Å². The lowest BCUT2D eigenvalue weighted by molar-refractivity contribution is -0.277. The second-order valence-corrected chi connectivity index (χ2v) is 7.89. The Hall–Kier alpha value is -0.850. The molecule has 2 aliphatic heterocycles. The molecule has 0 aromatic carbocycles. The average Bonchev–Trinajstić information content (AvgIpc) is 3.06. The molecule has 0 radical (unpaired) electrons. The van der Waals surface area contributed by atoms with Gasteiger partial charge in [-0.05, 0) is 36.1 Å². The van der Waals surface area contributed by atoms with E-state index in [0.717, 1.165) is 19.4 Å². The lowest BCUT2D eigenvalue weighted by atomic mass is 9.73. The molecule has 0 aromatic rings. The van der Waals surface area contributed by atoms with Crippen molar-refractivity contribution < 1.29 is 18.9 Å². The van der Waals surface area contributed by atoms with E-state index in [1.807, 2.05) is 0 Å². The zero-order chi connectivity index (χ0) is 18.1. The lowest BCUT2D eigenvalue weighted by Crippen LogP contribution is -2.56. The quantitative estimate of drug-likeness (QED) is 0.430. The molecule has 7 nitrogen and oxygen atoms in total. The fraction of sp³-hybridized carbons (Fsp3) is 1.00. The van der Waals surface area contributed by atoms with E-state index in [4.69, 9.17) is 24.5 Å². The van der Waals surface area contributed by atoms with Gasteiger partial charge in [0.25, 0.3) is 0 Å². The van der Waals surface area contributed by atoms with Crippen LogP contribution in [-0.4, -0.2) is 50.5 Å². The Balaban J connectivity index is 1.80. The minimum absolute atomic E-state index is 0.0356. The van der Waals surface area contributed by atoms with Gasteiger partial charge in [-0.3, -0.25) is 0 Å². The highest BCUT2D eigenvalue weighted by Crippen LogP contribution is 2.44. The molecule has 3 rings (SSSR count). The molecule has 25 heavy (non-hydrogen) atoms. The number of rotatable bonds is 5. The first kappa shape index (κ1) is 18.9. The highest BCUT2D eigenvalue weighted by Gasteiger charge is 2.50. The van der Waals surface area contributed by atoms with Gasteiger partial charge in [-0.25, -0.2) is 0 Å². The first-order valence-corrected chi connectivity index (χ1v) is 9.51. The van der Waals surface area contributed by atoms with Gasteiger partial charge in [-0.1, -0.05) is 32.8 Å². The summed E-state index contributed by atoms with van der Waals surface area (Å²) in [5, 5.41) is 4.00. The summed E-state index contributed by atoms with van der Waals surface area (Å²) in [6.45, 7) is 9.34. The van der Waals surface area contributed by atoms with Crippen LogP contribution in [0.3, 0.4) is 0 Å². The summed E-state index contributed by atoms with van der Waals surface area (Å²) in [5.74, 6) is 1.27.